The van der Waals surface area contributed by atoms with Crippen LogP contribution in [0.25, 0.3) is 0 Å². The molecular formula is C7HClF2Na2O4S. The summed E-state index contributed by atoms with van der Waals surface area (Å²) in [7, 11) is 0. The van der Waals surface area contributed by atoms with Gasteiger partial charge in [0, 0.05) is 5.56 Å². The molecule has 0 aromatic heterocycles. The third kappa shape index (κ3) is 4.52. The zero-order valence-corrected chi connectivity index (χ0v) is 14.3. The third-order valence-corrected chi connectivity index (χ3v) is 2.50. The van der Waals surface area contributed by atoms with Gasteiger partial charge in [-0.15, -0.1) is 0 Å². The number of halogens is 3. The predicted molar refractivity (Wildman–Crippen MR) is 42.9 cm³/mol. The van der Waals surface area contributed by atoms with Crippen LogP contribution in [0.4, 0.5) is 8.78 Å². The number of hydrogen-bond donors (Lipinski definition) is 0. The summed E-state index contributed by atoms with van der Waals surface area (Å²) in [6.45, 7) is 0. The van der Waals surface area contributed by atoms with E-state index in [0.29, 0.717) is 6.07 Å². The van der Waals surface area contributed by atoms with Crippen LogP contribution in [0.3, 0.4) is 0 Å². The van der Waals surface area contributed by atoms with Crippen LogP contribution in [0, 0.1) is 11.6 Å². The van der Waals surface area contributed by atoms with E-state index in [2.05, 4.69) is 0 Å². The zero-order valence-electron chi connectivity index (χ0n) is 8.75. The molecule has 0 heterocycles. The quantitative estimate of drug-likeness (QED) is 0.310. The molecule has 0 saturated carbocycles. The van der Waals surface area contributed by atoms with E-state index < -0.39 is 44.2 Å². The molecule has 17 heavy (non-hydrogen) atoms. The molecule has 0 aliphatic heterocycles. The molecule has 0 amide bonds. The van der Waals surface area contributed by atoms with Crippen LogP contribution in [0.5, 0.6) is 0 Å². The number of carboxylic acid groups (broad SMARTS) is 1. The number of aromatic carboxylic acids is 1. The average molecular weight is 301 g/mol. The second-order valence-electron chi connectivity index (χ2n) is 2.39. The van der Waals surface area contributed by atoms with E-state index in [9.17, 15) is 27.4 Å². The second kappa shape index (κ2) is 8.19. The van der Waals surface area contributed by atoms with E-state index in [0.717, 1.165) is 0 Å². The minimum Gasteiger partial charge on any atom is -0.768 e. The molecule has 0 aliphatic rings. The van der Waals surface area contributed by atoms with Crippen molar-refractivity contribution in [3.8, 4) is 0 Å². The fourth-order valence-electron chi connectivity index (χ4n) is 0.850. The number of carboxylic acids is 1. The van der Waals surface area contributed by atoms with Crippen LogP contribution >= 0.6 is 11.6 Å². The van der Waals surface area contributed by atoms with Crippen molar-refractivity contribution in [1.29, 1.82) is 0 Å². The van der Waals surface area contributed by atoms with Crippen molar-refractivity contribution in [1.82, 2.24) is 0 Å². The summed E-state index contributed by atoms with van der Waals surface area (Å²) < 4.78 is 46.8. The maximum atomic E-state index is 13.0. The molecule has 0 N–H and O–H groups in total. The van der Waals surface area contributed by atoms with E-state index >= 15 is 0 Å². The monoisotopic (exact) mass is 300 g/mol. The van der Waals surface area contributed by atoms with Gasteiger partial charge in [0.25, 0.3) is 0 Å². The first-order valence-electron chi connectivity index (χ1n) is 3.34. The van der Waals surface area contributed by atoms with Crippen molar-refractivity contribution < 1.29 is 86.6 Å². The summed E-state index contributed by atoms with van der Waals surface area (Å²) in [5, 5.41) is 9.13. The van der Waals surface area contributed by atoms with Gasteiger partial charge < -0.3 is 14.5 Å². The fraction of sp³-hybridized carbons (Fsp3) is 0. The van der Waals surface area contributed by atoms with Crippen molar-refractivity contribution in [2.75, 3.05) is 0 Å². The number of hydrogen-bond acceptors (Lipinski definition) is 4. The van der Waals surface area contributed by atoms with Gasteiger partial charge in [0.2, 0.25) is 0 Å². The van der Waals surface area contributed by atoms with Gasteiger partial charge in [-0.2, -0.15) is 0 Å². The maximum Gasteiger partial charge on any atom is 1.00 e. The molecule has 0 spiro atoms. The van der Waals surface area contributed by atoms with Gasteiger partial charge in [-0.1, -0.05) is 11.6 Å². The number of carbonyl (C=O) groups excluding carboxylic acids is 1. The largest absolute Gasteiger partial charge is 1.00 e. The smallest absolute Gasteiger partial charge is 0.768 e. The molecule has 0 saturated heterocycles. The molecule has 0 radical (unpaired) electrons. The zero-order chi connectivity index (χ0) is 11.7. The van der Waals surface area contributed by atoms with Crippen molar-refractivity contribution in [2.24, 2.45) is 0 Å². The van der Waals surface area contributed by atoms with Crippen molar-refractivity contribution in [3.63, 3.8) is 0 Å². The molecular weight excluding hydrogens is 300 g/mol. The van der Waals surface area contributed by atoms with E-state index in [1.165, 1.54) is 0 Å². The third-order valence-electron chi connectivity index (χ3n) is 1.51. The molecule has 0 bridgehead atoms. The Kier molecular flexibility index (Phi) is 9.76. The molecule has 1 aromatic carbocycles. The number of rotatable bonds is 2. The van der Waals surface area contributed by atoms with Crippen LogP contribution in [-0.2, 0) is 11.1 Å². The maximum absolute atomic E-state index is 13.0. The van der Waals surface area contributed by atoms with Crippen LogP contribution < -0.4 is 64.2 Å². The van der Waals surface area contributed by atoms with Crippen molar-refractivity contribution in [2.45, 2.75) is 4.90 Å². The average Bonchev–Trinajstić information content (AvgIpc) is 2.13. The van der Waals surface area contributed by atoms with Gasteiger partial charge in [0.1, 0.15) is 5.02 Å². The van der Waals surface area contributed by atoms with Crippen molar-refractivity contribution in [3.05, 3.63) is 28.3 Å². The minimum atomic E-state index is -3.05. The Balaban J connectivity index is 0. The molecule has 1 aromatic rings. The molecule has 82 valence electrons. The Hall–Kier alpha value is 0.950. The fourth-order valence-corrected chi connectivity index (χ4v) is 1.57. The van der Waals surface area contributed by atoms with Gasteiger partial charge in [-0.3, -0.25) is 4.21 Å². The Morgan fingerprint density at radius 3 is 2.12 bits per heavy atom. The minimum absolute atomic E-state index is 0. The summed E-state index contributed by atoms with van der Waals surface area (Å²) in [6.07, 6.45) is 0. The van der Waals surface area contributed by atoms with Crippen LogP contribution in [0.2, 0.25) is 5.02 Å². The Morgan fingerprint density at radius 1 is 1.29 bits per heavy atom. The van der Waals surface area contributed by atoms with Crippen molar-refractivity contribution >= 4 is 28.7 Å². The summed E-state index contributed by atoms with van der Waals surface area (Å²) >= 11 is 2.01. The molecule has 10 heteroatoms. The molecule has 1 rings (SSSR count). The predicted octanol–water partition coefficient (Wildman–Crippen LogP) is -5.77. The summed E-state index contributed by atoms with van der Waals surface area (Å²) in [6, 6.07) is 0.301. The normalized spacial score (nSPS) is 11.1. The van der Waals surface area contributed by atoms with Crippen LogP contribution in [-0.4, -0.2) is 14.7 Å². The molecule has 0 fully saturated rings. The van der Waals surface area contributed by atoms with Crippen LogP contribution in [0.1, 0.15) is 10.4 Å². The van der Waals surface area contributed by atoms with E-state index in [1.54, 1.807) is 0 Å². The van der Waals surface area contributed by atoms with Gasteiger partial charge in [0.15, 0.2) is 11.6 Å². The Bertz CT molecular complexity index is 433. The number of benzene rings is 1. The van der Waals surface area contributed by atoms with E-state index in [-0.39, 0.29) is 59.1 Å². The van der Waals surface area contributed by atoms with E-state index in [4.69, 9.17) is 11.6 Å². The topological polar surface area (TPSA) is 80.3 Å². The second-order valence-corrected chi connectivity index (χ2v) is 3.67. The Morgan fingerprint density at radius 2 is 1.76 bits per heavy atom. The number of carbonyl (C=O) groups is 1. The van der Waals surface area contributed by atoms with Gasteiger partial charge in [0.05, 0.1) is 10.9 Å². The molecule has 4 nitrogen and oxygen atoms in total. The SMILES string of the molecule is O=C([O-])c1cc(S(=O)[O-])c(F)c(Cl)c1F.[Na+].[Na+]. The van der Waals surface area contributed by atoms with Crippen LogP contribution in [0.15, 0.2) is 11.0 Å². The molecule has 1 atom stereocenters. The van der Waals surface area contributed by atoms with Gasteiger partial charge >= 0.3 is 59.1 Å². The first-order valence-corrected chi connectivity index (χ1v) is 4.79. The molecule has 0 aliphatic carbocycles. The summed E-state index contributed by atoms with van der Waals surface area (Å²) in [5.41, 5.74) is -1.11. The molecule has 1 unspecified atom stereocenters. The standard InChI is InChI=1S/C7H3ClF2O4S.2Na/c8-4-5(9)2(7(11)12)1-3(6(4)10)15(13)14;;/h1H,(H,11,12)(H,13,14);;/q;2*+1/p-2. The van der Waals surface area contributed by atoms with E-state index in [1.807, 2.05) is 0 Å². The van der Waals surface area contributed by atoms with Gasteiger partial charge in [-0.05, 0) is 17.1 Å². The summed E-state index contributed by atoms with van der Waals surface area (Å²) in [5.74, 6) is -5.09. The first-order chi connectivity index (χ1) is 6.86. The first kappa shape index (κ1) is 20.3. The van der Waals surface area contributed by atoms with Gasteiger partial charge in [-0.25, -0.2) is 8.78 Å². The summed E-state index contributed by atoms with van der Waals surface area (Å²) in [4.78, 5) is 9.30. The Labute approximate surface area is 147 Å².